The van der Waals surface area contributed by atoms with Gasteiger partial charge < -0.3 is 14.4 Å². The van der Waals surface area contributed by atoms with Crippen LogP contribution in [-0.4, -0.2) is 30.1 Å². The molecule has 3 aromatic rings. The number of rotatable bonds is 4. The van der Waals surface area contributed by atoms with Gasteiger partial charge in [0.1, 0.15) is 5.70 Å². The molecule has 0 unspecified atom stereocenters. The van der Waals surface area contributed by atoms with Crippen molar-refractivity contribution in [3.05, 3.63) is 81.7 Å². The quantitative estimate of drug-likeness (QED) is 0.565. The van der Waals surface area contributed by atoms with Crippen LogP contribution < -0.4 is 14.4 Å². The van der Waals surface area contributed by atoms with Crippen molar-refractivity contribution in [2.24, 2.45) is 0 Å². The van der Waals surface area contributed by atoms with E-state index in [1.807, 2.05) is 58.8 Å². The molecule has 0 radical (unpaired) electrons. The molecule has 0 atom stereocenters. The fraction of sp³-hybridized carbons (Fsp3) is 0.200. The molecule has 0 bridgehead atoms. The lowest BCUT2D eigenvalue weighted by molar-refractivity contribution is -0.137. The van der Waals surface area contributed by atoms with Crippen molar-refractivity contribution >= 4 is 34.4 Å². The smallest absolute Gasteiger partial charge is 0.278 e. The number of carbonyl (C=O) groups is 2. The van der Waals surface area contributed by atoms with E-state index in [0.717, 1.165) is 29.0 Å². The molecule has 7 heteroatoms. The average Bonchev–Trinajstić information content (AvgIpc) is 3.55. The van der Waals surface area contributed by atoms with Crippen molar-refractivity contribution in [2.45, 2.75) is 19.4 Å². The molecule has 2 amide bonds. The number of nitrogens with zero attached hydrogens (tertiary/aromatic N) is 2. The second-order valence-electron chi connectivity index (χ2n) is 7.97. The van der Waals surface area contributed by atoms with Crippen molar-refractivity contribution in [1.29, 1.82) is 0 Å². The molecule has 4 heterocycles. The van der Waals surface area contributed by atoms with Crippen LogP contribution in [-0.2, 0) is 22.6 Å². The minimum absolute atomic E-state index is 0.183. The first-order valence-electron chi connectivity index (χ1n) is 10.6. The van der Waals surface area contributed by atoms with Gasteiger partial charge in [0.05, 0.1) is 12.1 Å². The molecule has 6 nitrogen and oxygen atoms in total. The minimum Gasteiger partial charge on any atom is -0.454 e. The Morgan fingerprint density at radius 2 is 1.81 bits per heavy atom. The minimum atomic E-state index is -0.257. The maximum Gasteiger partial charge on any atom is 0.278 e. The highest BCUT2D eigenvalue weighted by Gasteiger charge is 2.43. The third-order valence-electron chi connectivity index (χ3n) is 6.07. The maximum atomic E-state index is 13.7. The zero-order chi connectivity index (χ0) is 21.7. The normalized spacial score (nSPS) is 17.4. The number of aryl methyl sites for hydroxylation is 1. The molecule has 3 aliphatic rings. The van der Waals surface area contributed by atoms with Gasteiger partial charge in [-0.05, 0) is 53.6 Å². The number of thiophene rings is 1. The third kappa shape index (κ3) is 3.00. The number of benzene rings is 2. The predicted octanol–water partition coefficient (Wildman–Crippen LogP) is 4.21. The number of para-hydroxylation sites is 1. The van der Waals surface area contributed by atoms with Gasteiger partial charge in [0.15, 0.2) is 11.5 Å². The molecule has 6 rings (SSSR count). The Bertz CT molecular complexity index is 1260. The largest absolute Gasteiger partial charge is 0.454 e. The SMILES string of the molecule is O=C1C(c2cccs2)=C(N2CCCc3ccccc32)C(=O)N1Cc1ccc2c(c1)OCO2. The van der Waals surface area contributed by atoms with Crippen LogP contribution in [0.25, 0.3) is 5.57 Å². The molecule has 3 aliphatic heterocycles. The highest BCUT2D eigenvalue weighted by Crippen LogP contribution is 2.40. The first kappa shape index (κ1) is 19.1. The summed E-state index contributed by atoms with van der Waals surface area (Å²) in [7, 11) is 0. The first-order chi connectivity index (χ1) is 15.7. The number of anilines is 1. The number of imide groups is 1. The van der Waals surface area contributed by atoms with Crippen molar-refractivity contribution in [1.82, 2.24) is 4.90 Å². The number of carbonyl (C=O) groups excluding carboxylic acids is 2. The van der Waals surface area contributed by atoms with Gasteiger partial charge in [0, 0.05) is 17.1 Å². The zero-order valence-electron chi connectivity index (χ0n) is 17.2. The third-order valence-corrected chi connectivity index (χ3v) is 6.96. The van der Waals surface area contributed by atoms with Gasteiger partial charge in [-0.3, -0.25) is 14.5 Å². The molecule has 160 valence electrons. The Morgan fingerprint density at radius 3 is 2.69 bits per heavy atom. The summed E-state index contributed by atoms with van der Waals surface area (Å²) in [6, 6.07) is 17.5. The van der Waals surface area contributed by atoms with Crippen LogP contribution in [0.1, 0.15) is 22.4 Å². The van der Waals surface area contributed by atoms with Crippen molar-refractivity contribution in [3.8, 4) is 11.5 Å². The topological polar surface area (TPSA) is 59.1 Å². The Morgan fingerprint density at radius 1 is 0.938 bits per heavy atom. The predicted molar refractivity (Wildman–Crippen MR) is 121 cm³/mol. The molecular formula is C25H20N2O4S. The summed E-state index contributed by atoms with van der Waals surface area (Å²) >= 11 is 1.48. The van der Waals surface area contributed by atoms with E-state index in [9.17, 15) is 9.59 Å². The lowest BCUT2D eigenvalue weighted by Crippen LogP contribution is -2.36. The highest BCUT2D eigenvalue weighted by atomic mass is 32.1. The van der Waals surface area contributed by atoms with Gasteiger partial charge in [-0.1, -0.05) is 30.3 Å². The maximum absolute atomic E-state index is 13.7. The van der Waals surface area contributed by atoms with Crippen molar-refractivity contribution < 1.29 is 19.1 Å². The molecule has 1 aromatic heterocycles. The molecular weight excluding hydrogens is 424 g/mol. The van der Waals surface area contributed by atoms with E-state index in [2.05, 4.69) is 6.07 Å². The molecule has 0 N–H and O–H groups in total. The van der Waals surface area contributed by atoms with E-state index in [1.165, 1.54) is 21.8 Å². The van der Waals surface area contributed by atoms with E-state index in [0.29, 0.717) is 29.3 Å². The van der Waals surface area contributed by atoms with Crippen LogP contribution in [0.15, 0.2) is 65.7 Å². The Labute approximate surface area is 189 Å². The van der Waals surface area contributed by atoms with Crippen LogP contribution in [0.5, 0.6) is 11.5 Å². The monoisotopic (exact) mass is 444 g/mol. The van der Waals surface area contributed by atoms with Crippen molar-refractivity contribution in [3.63, 3.8) is 0 Å². The molecule has 2 aromatic carbocycles. The summed E-state index contributed by atoms with van der Waals surface area (Å²) in [6.45, 7) is 1.07. The number of hydrogen-bond acceptors (Lipinski definition) is 6. The Kier molecular flexibility index (Phi) is 4.50. The number of fused-ring (bicyclic) bond motifs is 2. The van der Waals surface area contributed by atoms with Crippen LogP contribution in [0.2, 0.25) is 0 Å². The number of hydrogen-bond donors (Lipinski definition) is 0. The lowest BCUT2D eigenvalue weighted by Gasteiger charge is -2.32. The summed E-state index contributed by atoms with van der Waals surface area (Å²) in [5.41, 5.74) is 4.00. The van der Waals surface area contributed by atoms with Crippen LogP contribution in [0.3, 0.4) is 0 Å². The van der Waals surface area contributed by atoms with Crippen LogP contribution in [0, 0.1) is 0 Å². The van der Waals surface area contributed by atoms with Gasteiger partial charge >= 0.3 is 0 Å². The number of ether oxygens (including phenoxy) is 2. The molecule has 0 saturated carbocycles. The summed E-state index contributed by atoms with van der Waals surface area (Å²) in [4.78, 5) is 31.5. The van der Waals surface area contributed by atoms with Gasteiger partial charge in [0.25, 0.3) is 11.8 Å². The molecule has 0 fully saturated rings. The van der Waals surface area contributed by atoms with Gasteiger partial charge in [0.2, 0.25) is 6.79 Å². The summed E-state index contributed by atoms with van der Waals surface area (Å²) < 4.78 is 10.8. The Hall–Kier alpha value is -3.58. The molecule has 32 heavy (non-hydrogen) atoms. The number of amides is 2. The van der Waals surface area contributed by atoms with Gasteiger partial charge in [-0.15, -0.1) is 11.3 Å². The average molecular weight is 445 g/mol. The Balaban J connectivity index is 1.41. The van der Waals surface area contributed by atoms with Gasteiger partial charge in [-0.2, -0.15) is 0 Å². The van der Waals surface area contributed by atoms with E-state index < -0.39 is 0 Å². The molecule has 0 spiro atoms. The summed E-state index contributed by atoms with van der Waals surface area (Å²) in [6.07, 6.45) is 1.90. The van der Waals surface area contributed by atoms with Crippen molar-refractivity contribution in [2.75, 3.05) is 18.2 Å². The fourth-order valence-corrected chi connectivity index (χ4v) is 5.35. The fourth-order valence-electron chi connectivity index (χ4n) is 4.59. The van der Waals surface area contributed by atoms with E-state index in [-0.39, 0.29) is 25.2 Å². The van der Waals surface area contributed by atoms with E-state index >= 15 is 0 Å². The first-order valence-corrected chi connectivity index (χ1v) is 11.5. The van der Waals surface area contributed by atoms with Crippen LogP contribution in [0.4, 0.5) is 5.69 Å². The van der Waals surface area contributed by atoms with Gasteiger partial charge in [-0.25, -0.2) is 0 Å². The highest BCUT2D eigenvalue weighted by molar-refractivity contribution is 7.11. The lowest BCUT2D eigenvalue weighted by atomic mass is 10.00. The second-order valence-corrected chi connectivity index (χ2v) is 8.92. The zero-order valence-corrected chi connectivity index (χ0v) is 18.1. The van der Waals surface area contributed by atoms with Crippen LogP contribution >= 0.6 is 11.3 Å². The molecule has 0 saturated heterocycles. The molecule has 0 aliphatic carbocycles. The standard InChI is InChI=1S/C25H20N2O4S/c28-24-22(21-8-4-12-32-21)23(26-11-3-6-17-5-1-2-7-18(17)26)25(29)27(24)14-16-9-10-19-20(13-16)31-15-30-19/h1-2,4-5,7-10,12-13H,3,6,11,14-15H2. The van der Waals surface area contributed by atoms with E-state index in [1.54, 1.807) is 0 Å². The summed E-state index contributed by atoms with van der Waals surface area (Å²) in [5.74, 6) is 0.801. The summed E-state index contributed by atoms with van der Waals surface area (Å²) in [5, 5.41) is 1.93. The second kappa shape index (κ2) is 7.53. The van der Waals surface area contributed by atoms with E-state index in [4.69, 9.17) is 9.47 Å².